The molecule has 1 atom stereocenters. The Kier molecular flexibility index (Phi) is 3.82. The van der Waals surface area contributed by atoms with Crippen LogP contribution in [0.1, 0.15) is 34.6 Å². The van der Waals surface area contributed by atoms with Crippen LogP contribution in [0, 0.1) is 0 Å². The average molecular weight is 197 g/mol. The molecule has 0 aromatic rings. The van der Waals surface area contributed by atoms with Crippen LogP contribution in [-0.4, -0.2) is 21.1 Å². The molecule has 11 heavy (non-hydrogen) atoms. The zero-order valence-corrected chi connectivity index (χ0v) is 9.63. The van der Waals surface area contributed by atoms with Gasteiger partial charge in [-0.1, -0.05) is 34.6 Å². The van der Waals surface area contributed by atoms with E-state index in [-0.39, 0.29) is 10.3 Å². The van der Waals surface area contributed by atoms with Crippen molar-refractivity contribution in [1.82, 2.24) is 0 Å². The second-order valence-corrected chi connectivity index (χ2v) is 7.87. The van der Waals surface area contributed by atoms with Crippen molar-refractivity contribution in [2.24, 2.45) is 0 Å². The highest BCUT2D eigenvalue weighted by Gasteiger charge is 2.35. The van der Waals surface area contributed by atoms with Crippen molar-refractivity contribution >= 4 is 19.7 Å². The third-order valence-electron chi connectivity index (χ3n) is 1.54. The molecule has 0 rings (SSSR count). The van der Waals surface area contributed by atoms with Crippen LogP contribution in [0.5, 0.6) is 0 Å². The molecule has 0 saturated heterocycles. The van der Waals surface area contributed by atoms with Crippen LogP contribution in [-0.2, 0) is 0 Å². The standard InChI is InChI=1S/C8H18ClOP/c1-7(2,3)11(10)8(4,5)6-9/h10H,6H2,1-5H3. The van der Waals surface area contributed by atoms with E-state index in [1.165, 1.54) is 0 Å². The molecule has 0 aliphatic carbocycles. The maximum atomic E-state index is 9.89. The Hall–Kier alpha value is 0.680. The van der Waals surface area contributed by atoms with Gasteiger partial charge in [-0.3, -0.25) is 0 Å². The molecule has 1 unspecified atom stereocenters. The Bertz CT molecular complexity index is 129. The van der Waals surface area contributed by atoms with E-state index in [1.807, 2.05) is 34.6 Å². The van der Waals surface area contributed by atoms with Gasteiger partial charge >= 0.3 is 0 Å². The van der Waals surface area contributed by atoms with Gasteiger partial charge in [-0.15, -0.1) is 11.6 Å². The first-order valence-electron chi connectivity index (χ1n) is 3.77. The van der Waals surface area contributed by atoms with Gasteiger partial charge in [-0.05, 0) is 0 Å². The lowest BCUT2D eigenvalue weighted by Crippen LogP contribution is -2.28. The van der Waals surface area contributed by atoms with Gasteiger partial charge in [0.2, 0.25) is 0 Å². The van der Waals surface area contributed by atoms with Crippen LogP contribution in [0.2, 0.25) is 0 Å². The van der Waals surface area contributed by atoms with Crippen molar-refractivity contribution in [3.05, 3.63) is 0 Å². The topological polar surface area (TPSA) is 20.2 Å². The Morgan fingerprint density at radius 3 is 1.64 bits per heavy atom. The van der Waals surface area contributed by atoms with E-state index in [4.69, 9.17) is 11.6 Å². The maximum absolute atomic E-state index is 9.89. The molecule has 68 valence electrons. The third kappa shape index (κ3) is 3.27. The zero-order valence-electron chi connectivity index (χ0n) is 7.98. The minimum absolute atomic E-state index is 0.0201. The van der Waals surface area contributed by atoms with Gasteiger partial charge in [-0.2, -0.15) is 0 Å². The highest BCUT2D eigenvalue weighted by atomic mass is 35.5. The highest BCUT2D eigenvalue weighted by Crippen LogP contribution is 2.56. The summed E-state index contributed by atoms with van der Waals surface area (Å²) in [5, 5.41) is -0.150. The predicted molar refractivity (Wildman–Crippen MR) is 53.7 cm³/mol. The monoisotopic (exact) mass is 196 g/mol. The van der Waals surface area contributed by atoms with Crippen molar-refractivity contribution in [2.45, 2.75) is 44.9 Å². The summed E-state index contributed by atoms with van der Waals surface area (Å²) in [5.41, 5.74) is 0. The average Bonchev–Trinajstić information content (AvgIpc) is 1.84. The van der Waals surface area contributed by atoms with Crippen LogP contribution >= 0.6 is 19.7 Å². The van der Waals surface area contributed by atoms with Crippen LogP contribution < -0.4 is 0 Å². The molecule has 0 aromatic heterocycles. The summed E-state index contributed by atoms with van der Waals surface area (Å²) in [6, 6.07) is 0. The van der Waals surface area contributed by atoms with E-state index in [0.717, 1.165) is 0 Å². The largest absolute Gasteiger partial charge is 0.373 e. The van der Waals surface area contributed by atoms with Crippen LogP contribution in [0.15, 0.2) is 0 Å². The fourth-order valence-electron chi connectivity index (χ4n) is 0.965. The predicted octanol–water partition coefficient (Wildman–Crippen LogP) is 3.19. The van der Waals surface area contributed by atoms with Gasteiger partial charge in [0, 0.05) is 24.3 Å². The van der Waals surface area contributed by atoms with E-state index in [2.05, 4.69) is 0 Å². The molecule has 0 aliphatic rings. The summed E-state index contributed by atoms with van der Waals surface area (Å²) in [7, 11) is -0.997. The number of rotatable bonds is 2. The van der Waals surface area contributed by atoms with Crippen LogP contribution in [0.25, 0.3) is 0 Å². The normalized spacial score (nSPS) is 16.6. The fraction of sp³-hybridized carbons (Fsp3) is 1.00. The molecule has 0 saturated carbocycles. The molecule has 0 fully saturated rings. The molecule has 0 radical (unpaired) electrons. The van der Waals surface area contributed by atoms with E-state index >= 15 is 0 Å². The van der Waals surface area contributed by atoms with Gasteiger partial charge in [-0.25, -0.2) is 0 Å². The van der Waals surface area contributed by atoms with Crippen molar-refractivity contribution in [1.29, 1.82) is 0 Å². The molecule has 0 heterocycles. The fourth-order valence-corrected chi connectivity index (χ4v) is 3.23. The molecule has 1 N–H and O–H groups in total. The van der Waals surface area contributed by atoms with Gasteiger partial charge in [0.25, 0.3) is 0 Å². The lowest BCUT2D eigenvalue weighted by molar-refractivity contribution is 0.534. The van der Waals surface area contributed by atoms with E-state index in [0.29, 0.717) is 5.88 Å². The number of alkyl halides is 1. The molecule has 0 aliphatic heterocycles. The number of hydrogen-bond acceptors (Lipinski definition) is 1. The first-order chi connectivity index (χ1) is 4.72. The number of hydrogen-bond donors (Lipinski definition) is 1. The summed E-state index contributed by atoms with van der Waals surface area (Å²) in [4.78, 5) is 9.89. The van der Waals surface area contributed by atoms with Crippen molar-refractivity contribution in [3.63, 3.8) is 0 Å². The molecular formula is C8H18ClOP. The summed E-state index contributed by atoms with van der Waals surface area (Å²) in [6.45, 7) is 10.2. The Balaban J connectivity index is 4.35. The molecule has 3 heteroatoms. The molecule has 0 amide bonds. The van der Waals surface area contributed by atoms with E-state index < -0.39 is 8.15 Å². The smallest absolute Gasteiger partial charge is 0.0375 e. The van der Waals surface area contributed by atoms with Crippen LogP contribution in [0.4, 0.5) is 0 Å². The van der Waals surface area contributed by atoms with E-state index in [1.54, 1.807) is 0 Å². The van der Waals surface area contributed by atoms with Crippen molar-refractivity contribution in [3.8, 4) is 0 Å². The lowest BCUT2D eigenvalue weighted by Gasteiger charge is -2.37. The quantitative estimate of drug-likeness (QED) is 0.531. The van der Waals surface area contributed by atoms with Crippen molar-refractivity contribution in [2.75, 3.05) is 5.88 Å². The molecule has 0 aromatic carbocycles. The SMILES string of the molecule is CC(C)(C)P(O)C(C)(C)CCl. The molecule has 0 bridgehead atoms. The van der Waals surface area contributed by atoms with Crippen molar-refractivity contribution < 1.29 is 4.89 Å². The molecular weight excluding hydrogens is 179 g/mol. The van der Waals surface area contributed by atoms with Gasteiger partial charge in [0.05, 0.1) is 0 Å². The second-order valence-electron chi connectivity index (χ2n) is 4.43. The minimum atomic E-state index is -0.997. The zero-order chi connectivity index (χ0) is 9.28. The molecule has 0 spiro atoms. The van der Waals surface area contributed by atoms with Gasteiger partial charge < -0.3 is 4.89 Å². The minimum Gasteiger partial charge on any atom is -0.373 e. The number of halogens is 1. The molecule has 1 nitrogen and oxygen atoms in total. The van der Waals surface area contributed by atoms with Crippen LogP contribution in [0.3, 0.4) is 0 Å². The highest BCUT2D eigenvalue weighted by molar-refractivity contribution is 7.55. The Morgan fingerprint density at radius 2 is 1.55 bits per heavy atom. The first-order valence-corrected chi connectivity index (χ1v) is 5.60. The Morgan fingerprint density at radius 1 is 1.18 bits per heavy atom. The van der Waals surface area contributed by atoms with Gasteiger partial charge in [0.15, 0.2) is 0 Å². The summed E-state index contributed by atoms with van der Waals surface area (Å²) < 4.78 is 0. The summed E-state index contributed by atoms with van der Waals surface area (Å²) >= 11 is 5.75. The Labute approximate surface area is 76.0 Å². The summed E-state index contributed by atoms with van der Waals surface area (Å²) in [6.07, 6.45) is 0. The first kappa shape index (κ1) is 11.7. The van der Waals surface area contributed by atoms with E-state index in [9.17, 15) is 4.89 Å². The second kappa shape index (κ2) is 3.60. The summed E-state index contributed by atoms with van der Waals surface area (Å²) in [5.74, 6) is 0.520. The third-order valence-corrected chi connectivity index (χ3v) is 4.97. The maximum Gasteiger partial charge on any atom is 0.0375 e. The lowest BCUT2D eigenvalue weighted by atomic mass is 10.2. The van der Waals surface area contributed by atoms with Gasteiger partial charge in [0.1, 0.15) is 0 Å².